The summed E-state index contributed by atoms with van der Waals surface area (Å²) < 4.78 is 11.0. The van der Waals surface area contributed by atoms with E-state index in [1.165, 1.54) is 24.8 Å². The monoisotopic (exact) mass is 346 g/mol. The van der Waals surface area contributed by atoms with Gasteiger partial charge >= 0.3 is 0 Å². The van der Waals surface area contributed by atoms with Crippen molar-refractivity contribution in [2.75, 3.05) is 14.2 Å². The molecule has 1 aromatic rings. The van der Waals surface area contributed by atoms with Crippen LogP contribution in [0.5, 0.6) is 11.5 Å². The van der Waals surface area contributed by atoms with Crippen LogP contribution in [0.4, 0.5) is 0 Å². The zero-order valence-electron chi connectivity index (χ0n) is 16.8. The minimum atomic E-state index is -0.294. The van der Waals surface area contributed by atoms with E-state index in [1.54, 1.807) is 14.2 Å². The summed E-state index contributed by atoms with van der Waals surface area (Å²) in [6.45, 7) is 8.74. The maximum atomic E-state index is 12.6. The van der Waals surface area contributed by atoms with Crippen molar-refractivity contribution < 1.29 is 14.3 Å². The van der Waals surface area contributed by atoms with Crippen molar-refractivity contribution in [2.45, 2.75) is 71.6 Å². The third kappa shape index (κ3) is 3.56. The second-order valence-corrected chi connectivity index (χ2v) is 8.05. The predicted molar refractivity (Wildman–Crippen MR) is 103 cm³/mol. The molecule has 1 fully saturated rings. The number of Topliss-reactive ketones (excluding diaryl/α,β-unsaturated/α-hetero) is 1. The SMILES string of the molecule is CCCCCC1(c2ccc(OC)c(OC)c2)CCC(=O)C(C)(C)C1C. The van der Waals surface area contributed by atoms with Gasteiger partial charge in [-0.15, -0.1) is 0 Å². The van der Waals surface area contributed by atoms with Crippen molar-refractivity contribution in [3.05, 3.63) is 23.8 Å². The Balaban J connectivity index is 2.51. The summed E-state index contributed by atoms with van der Waals surface area (Å²) in [7, 11) is 3.35. The van der Waals surface area contributed by atoms with Crippen LogP contribution in [0.1, 0.15) is 71.8 Å². The molecule has 0 N–H and O–H groups in total. The zero-order chi connectivity index (χ0) is 18.7. The van der Waals surface area contributed by atoms with Crippen molar-refractivity contribution in [3.8, 4) is 11.5 Å². The minimum Gasteiger partial charge on any atom is -0.493 e. The number of rotatable bonds is 7. The van der Waals surface area contributed by atoms with E-state index in [0.717, 1.165) is 24.3 Å². The lowest BCUT2D eigenvalue weighted by Crippen LogP contribution is -2.50. The molecule has 0 saturated heterocycles. The highest BCUT2D eigenvalue weighted by atomic mass is 16.5. The van der Waals surface area contributed by atoms with E-state index in [2.05, 4.69) is 39.8 Å². The molecular weight excluding hydrogens is 312 g/mol. The van der Waals surface area contributed by atoms with E-state index >= 15 is 0 Å². The maximum absolute atomic E-state index is 12.6. The van der Waals surface area contributed by atoms with Crippen molar-refractivity contribution in [3.63, 3.8) is 0 Å². The summed E-state index contributed by atoms with van der Waals surface area (Å²) in [6, 6.07) is 6.31. The number of hydrogen-bond donors (Lipinski definition) is 0. The van der Waals surface area contributed by atoms with Crippen molar-refractivity contribution in [1.82, 2.24) is 0 Å². The van der Waals surface area contributed by atoms with Crippen molar-refractivity contribution >= 4 is 5.78 Å². The highest BCUT2D eigenvalue weighted by Crippen LogP contribution is 2.54. The van der Waals surface area contributed by atoms with Gasteiger partial charge in [0.15, 0.2) is 11.5 Å². The summed E-state index contributed by atoms with van der Waals surface area (Å²) >= 11 is 0. The summed E-state index contributed by atoms with van der Waals surface area (Å²) in [5, 5.41) is 0. The van der Waals surface area contributed by atoms with Crippen LogP contribution in [0, 0.1) is 11.3 Å². The fourth-order valence-corrected chi connectivity index (χ4v) is 4.52. The summed E-state index contributed by atoms with van der Waals surface area (Å²) in [5.74, 6) is 2.22. The molecule has 0 aliphatic heterocycles. The van der Waals surface area contributed by atoms with E-state index in [-0.39, 0.29) is 16.7 Å². The second kappa shape index (κ2) is 7.80. The Morgan fingerprint density at radius 1 is 1.12 bits per heavy atom. The first-order chi connectivity index (χ1) is 11.8. The van der Waals surface area contributed by atoms with Gasteiger partial charge in [0, 0.05) is 11.8 Å². The van der Waals surface area contributed by atoms with Gasteiger partial charge in [-0.1, -0.05) is 53.0 Å². The van der Waals surface area contributed by atoms with Gasteiger partial charge in [-0.25, -0.2) is 0 Å². The third-order valence-electron chi connectivity index (χ3n) is 6.61. The smallest absolute Gasteiger partial charge is 0.161 e. The van der Waals surface area contributed by atoms with Crippen molar-refractivity contribution in [2.24, 2.45) is 11.3 Å². The average molecular weight is 347 g/mol. The van der Waals surface area contributed by atoms with Gasteiger partial charge < -0.3 is 9.47 Å². The quantitative estimate of drug-likeness (QED) is 0.607. The van der Waals surface area contributed by atoms with Gasteiger partial charge in [0.1, 0.15) is 5.78 Å². The lowest BCUT2D eigenvalue weighted by atomic mass is 9.52. The van der Waals surface area contributed by atoms with Gasteiger partial charge in [0.2, 0.25) is 0 Å². The number of ether oxygens (including phenoxy) is 2. The molecule has 2 rings (SSSR count). The topological polar surface area (TPSA) is 35.5 Å². The number of carbonyl (C=O) groups is 1. The number of methoxy groups -OCH3 is 2. The van der Waals surface area contributed by atoms with Crippen LogP contribution >= 0.6 is 0 Å². The molecule has 0 amide bonds. The van der Waals surface area contributed by atoms with Gasteiger partial charge in [-0.2, -0.15) is 0 Å². The Kier molecular flexibility index (Phi) is 6.18. The molecule has 1 aliphatic carbocycles. The van der Waals surface area contributed by atoms with E-state index in [0.29, 0.717) is 12.2 Å². The molecule has 3 heteroatoms. The highest BCUT2D eigenvalue weighted by molar-refractivity contribution is 5.85. The number of benzene rings is 1. The second-order valence-electron chi connectivity index (χ2n) is 8.05. The molecule has 0 spiro atoms. The average Bonchev–Trinajstić information content (AvgIpc) is 2.62. The molecular formula is C22H34O3. The largest absolute Gasteiger partial charge is 0.493 e. The Labute approximate surface area is 153 Å². The summed E-state index contributed by atoms with van der Waals surface area (Å²) in [4.78, 5) is 12.6. The van der Waals surface area contributed by atoms with Gasteiger partial charge in [-0.3, -0.25) is 4.79 Å². The molecule has 3 nitrogen and oxygen atoms in total. The van der Waals surface area contributed by atoms with Crippen LogP contribution in [-0.4, -0.2) is 20.0 Å². The molecule has 0 heterocycles. The fourth-order valence-electron chi connectivity index (χ4n) is 4.52. The first-order valence-corrected chi connectivity index (χ1v) is 9.59. The molecule has 0 radical (unpaired) electrons. The summed E-state index contributed by atoms with van der Waals surface area (Å²) in [5.41, 5.74) is 1.01. The lowest BCUT2D eigenvalue weighted by Gasteiger charge is -2.51. The predicted octanol–water partition coefficient (Wildman–Crippen LogP) is 5.55. The van der Waals surface area contributed by atoms with Crippen LogP contribution < -0.4 is 9.47 Å². The van der Waals surface area contributed by atoms with Crippen molar-refractivity contribution in [1.29, 1.82) is 0 Å². The van der Waals surface area contributed by atoms with Gasteiger partial charge in [0.05, 0.1) is 14.2 Å². The molecule has 2 atom stereocenters. The molecule has 1 saturated carbocycles. The molecule has 140 valence electrons. The standard InChI is InChI=1S/C22H34O3/c1-7-8-9-13-22(14-12-20(23)21(3,4)16(22)2)17-10-11-18(24-5)19(15-17)25-6/h10-11,15-16H,7-9,12-14H2,1-6H3. The zero-order valence-corrected chi connectivity index (χ0v) is 16.8. The van der Waals surface area contributed by atoms with E-state index in [1.807, 2.05) is 6.07 Å². The van der Waals surface area contributed by atoms with Crippen LogP contribution in [0.25, 0.3) is 0 Å². The number of hydrogen-bond acceptors (Lipinski definition) is 3. The Morgan fingerprint density at radius 3 is 2.40 bits per heavy atom. The molecule has 1 aromatic carbocycles. The number of ketones is 1. The normalized spacial score (nSPS) is 25.7. The first kappa shape index (κ1) is 19.8. The van der Waals surface area contributed by atoms with Gasteiger partial charge in [-0.05, 0) is 41.9 Å². The Bertz CT molecular complexity index is 605. The van der Waals surface area contributed by atoms with Crippen LogP contribution in [0.15, 0.2) is 18.2 Å². The summed E-state index contributed by atoms with van der Waals surface area (Å²) in [6.07, 6.45) is 6.34. The third-order valence-corrected chi connectivity index (χ3v) is 6.61. The van der Waals surface area contributed by atoms with Gasteiger partial charge in [0.25, 0.3) is 0 Å². The fraction of sp³-hybridized carbons (Fsp3) is 0.682. The van der Waals surface area contributed by atoms with Crippen LogP contribution in [0.2, 0.25) is 0 Å². The number of unbranched alkanes of at least 4 members (excludes halogenated alkanes) is 2. The van der Waals surface area contributed by atoms with E-state index < -0.39 is 0 Å². The minimum absolute atomic E-state index is 0.0200. The first-order valence-electron chi connectivity index (χ1n) is 9.59. The molecule has 0 aromatic heterocycles. The lowest BCUT2D eigenvalue weighted by molar-refractivity contribution is -0.136. The maximum Gasteiger partial charge on any atom is 0.161 e. The van der Waals surface area contributed by atoms with E-state index in [9.17, 15) is 4.79 Å². The van der Waals surface area contributed by atoms with E-state index in [4.69, 9.17) is 9.47 Å². The molecule has 2 unspecified atom stereocenters. The molecule has 0 bridgehead atoms. The van der Waals surface area contributed by atoms with Crippen LogP contribution in [-0.2, 0) is 10.2 Å². The highest BCUT2D eigenvalue weighted by Gasteiger charge is 2.51. The Morgan fingerprint density at radius 2 is 1.80 bits per heavy atom. The molecule has 1 aliphatic rings. The number of carbonyl (C=O) groups excluding carboxylic acids is 1. The van der Waals surface area contributed by atoms with Crippen LogP contribution in [0.3, 0.4) is 0 Å². The molecule has 25 heavy (non-hydrogen) atoms. The Hall–Kier alpha value is -1.51.